The predicted octanol–water partition coefficient (Wildman–Crippen LogP) is 1.99. The van der Waals surface area contributed by atoms with Crippen molar-refractivity contribution in [2.45, 2.75) is 33.0 Å². The van der Waals surface area contributed by atoms with Crippen molar-refractivity contribution in [1.29, 1.82) is 10.5 Å². The molecule has 0 aliphatic rings. The average Bonchev–Trinajstić information content (AvgIpc) is 2.34. The first-order valence-electron chi connectivity index (χ1n) is 5.80. The number of nitrogens with zero attached hydrogens (tertiary/aromatic N) is 2. The van der Waals surface area contributed by atoms with Crippen LogP contribution in [0.25, 0.3) is 0 Å². The Morgan fingerprint density at radius 2 is 1.45 bits per heavy atom. The van der Waals surface area contributed by atoms with E-state index in [1.165, 1.54) is 6.92 Å². The Kier molecular flexibility index (Phi) is 6.18. The number of hydrogen-bond acceptors (Lipinski definition) is 6. The summed E-state index contributed by atoms with van der Waals surface area (Å²) in [5, 5.41) is 17.2. The maximum Gasteiger partial charge on any atom is 0.351 e. The Morgan fingerprint density at radius 1 is 1.10 bits per heavy atom. The lowest BCUT2D eigenvalue weighted by atomic mass is 10.0. The third-order valence-electron chi connectivity index (χ3n) is 2.16. The third-order valence-corrected chi connectivity index (χ3v) is 2.16. The first kappa shape index (κ1) is 17.4. The van der Waals surface area contributed by atoms with E-state index in [1.54, 1.807) is 12.1 Å². The molecule has 0 unspecified atom stereocenters. The van der Waals surface area contributed by atoms with Gasteiger partial charge in [0.1, 0.15) is 23.3 Å². The van der Waals surface area contributed by atoms with Gasteiger partial charge in [0.15, 0.2) is 0 Å². The molecule has 0 atom stereocenters. The minimum Gasteiger partial charge on any atom is -0.419 e. The topological polar surface area (TPSA) is 100 Å². The van der Waals surface area contributed by atoms with Crippen LogP contribution in [-0.2, 0) is 19.1 Å². The number of ether oxygens (including phenoxy) is 2. The molecule has 0 aliphatic carbocycles. The van der Waals surface area contributed by atoms with Crippen LogP contribution in [0.4, 0.5) is 0 Å². The van der Waals surface area contributed by atoms with Gasteiger partial charge < -0.3 is 9.47 Å². The normalized spacial score (nSPS) is 10.1. The SMILES string of the molecule is C=C(C#N)C(=O)OC(C)(CC(C)C)OC(=O)C(=C)C#N. The second kappa shape index (κ2) is 7.10. The first-order valence-corrected chi connectivity index (χ1v) is 5.80. The second-order valence-corrected chi connectivity index (χ2v) is 4.69. The summed E-state index contributed by atoms with van der Waals surface area (Å²) < 4.78 is 10.0. The minimum atomic E-state index is -1.60. The Bertz CT molecular complexity index is 480. The van der Waals surface area contributed by atoms with Gasteiger partial charge >= 0.3 is 11.9 Å². The zero-order valence-electron chi connectivity index (χ0n) is 11.7. The van der Waals surface area contributed by atoms with Crippen molar-refractivity contribution in [2.75, 3.05) is 0 Å². The summed E-state index contributed by atoms with van der Waals surface area (Å²) in [7, 11) is 0. The third kappa shape index (κ3) is 5.36. The van der Waals surface area contributed by atoms with Crippen LogP contribution in [0.15, 0.2) is 24.3 Å². The molecular weight excluding hydrogens is 260 g/mol. The molecule has 6 nitrogen and oxygen atoms in total. The van der Waals surface area contributed by atoms with Crippen molar-refractivity contribution in [2.24, 2.45) is 5.92 Å². The number of hydrogen-bond donors (Lipinski definition) is 0. The molecule has 0 spiro atoms. The lowest BCUT2D eigenvalue weighted by Gasteiger charge is -2.30. The van der Waals surface area contributed by atoms with Gasteiger partial charge in [-0.05, 0) is 5.92 Å². The highest BCUT2D eigenvalue weighted by Gasteiger charge is 2.35. The van der Waals surface area contributed by atoms with Gasteiger partial charge in [0.2, 0.25) is 0 Å². The Labute approximate surface area is 117 Å². The van der Waals surface area contributed by atoms with Crippen molar-refractivity contribution >= 4 is 11.9 Å². The van der Waals surface area contributed by atoms with E-state index < -0.39 is 28.9 Å². The van der Waals surface area contributed by atoms with E-state index in [2.05, 4.69) is 13.2 Å². The molecule has 0 N–H and O–H groups in total. The molecule has 6 heteroatoms. The van der Waals surface area contributed by atoms with E-state index in [0.29, 0.717) is 0 Å². The molecule has 106 valence electrons. The zero-order chi connectivity index (χ0) is 15.9. The quantitative estimate of drug-likeness (QED) is 0.318. The van der Waals surface area contributed by atoms with Crippen LogP contribution in [-0.4, -0.2) is 17.7 Å². The molecule has 0 bridgehead atoms. The summed E-state index contributed by atoms with van der Waals surface area (Å²) in [6.07, 6.45) is 0.196. The molecular formula is C14H16N2O4. The monoisotopic (exact) mass is 276 g/mol. The van der Waals surface area contributed by atoms with Crippen LogP contribution < -0.4 is 0 Å². The summed E-state index contributed by atoms with van der Waals surface area (Å²) >= 11 is 0. The molecule has 0 rings (SSSR count). The largest absolute Gasteiger partial charge is 0.419 e. The minimum absolute atomic E-state index is 0.0336. The maximum absolute atomic E-state index is 11.6. The summed E-state index contributed by atoms with van der Waals surface area (Å²) in [6, 6.07) is 3.10. The highest BCUT2D eigenvalue weighted by atomic mass is 16.7. The van der Waals surface area contributed by atoms with Crippen LogP contribution in [0.5, 0.6) is 0 Å². The van der Waals surface area contributed by atoms with E-state index in [-0.39, 0.29) is 12.3 Å². The molecule has 0 radical (unpaired) electrons. The lowest BCUT2D eigenvalue weighted by Crippen LogP contribution is -2.39. The van der Waals surface area contributed by atoms with Gasteiger partial charge in [0, 0.05) is 13.3 Å². The number of rotatable bonds is 6. The lowest BCUT2D eigenvalue weighted by molar-refractivity contribution is -0.221. The number of carbonyl (C=O) groups is 2. The maximum atomic E-state index is 11.6. The van der Waals surface area contributed by atoms with Crippen molar-refractivity contribution < 1.29 is 19.1 Å². The molecule has 0 aromatic rings. The summed E-state index contributed by atoms with van der Waals surface area (Å²) in [4.78, 5) is 23.1. The van der Waals surface area contributed by atoms with Gasteiger partial charge in [0.25, 0.3) is 5.79 Å². The fraction of sp³-hybridized carbons (Fsp3) is 0.429. The number of nitriles is 2. The molecule has 0 amide bonds. The van der Waals surface area contributed by atoms with Gasteiger partial charge in [-0.25, -0.2) is 9.59 Å². The fourth-order valence-corrected chi connectivity index (χ4v) is 1.45. The molecule has 0 fully saturated rings. The van der Waals surface area contributed by atoms with Crippen LogP contribution in [0.1, 0.15) is 27.2 Å². The van der Waals surface area contributed by atoms with Crippen LogP contribution in [0.2, 0.25) is 0 Å². The predicted molar refractivity (Wildman–Crippen MR) is 69.6 cm³/mol. The summed E-state index contributed by atoms with van der Waals surface area (Å²) in [5.41, 5.74) is -0.815. The fourth-order valence-electron chi connectivity index (χ4n) is 1.45. The number of esters is 2. The first-order chi connectivity index (χ1) is 9.15. The molecule has 0 saturated carbocycles. The van der Waals surface area contributed by atoms with Gasteiger partial charge in [-0.15, -0.1) is 0 Å². The van der Waals surface area contributed by atoms with Gasteiger partial charge in [0.05, 0.1) is 0 Å². The van der Waals surface area contributed by atoms with E-state index >= 15 is 0 Å². The van der Waals surface area contributed by atoms with E-state index in [9.17, 15) is 9.59 Å². The van der Waals surface area contributed by atoms with Crippen molar-refractivity contribution in [3.63, 3.8) is 0 Å². The van der Waals surface area contributed by atoms with Crippen molar-refractivity contribution in [1.82, 2.24) is 0 Å². The smallest absolute Gasteiger partial charge is 0.351 e. The van der Waals surface area contributed by atoms with E-state index in [4.69, 9.17) is 20.0 Å². The molecule has 0 aromatic carbocycles. The Balaban J connectivity index is 5.12. The standard InChI is InChI=1S/C14H16N2O4/c1-9(2)6-14(5,19-12(17)10(3)7-15)20-13(18)11(4)8-16/h9H,3-4,6H2,1-2,5H3. The zero-order valence-corrected chi connectivity index (χ0v) is 11.7. The summed E-state index contributed by atoms with van der Waals surface area (Å²) in [5.74, 6) is -3.52. The Hall–Kier alpha value is -2.60. The van der Waals surface area contributed by atoms with Crippen LogP contribution >= 0.6 is 0 Å². The second-order valence-electron chi connectivity index (χ2n) is 4.69. The summed E-state index contributed by atoms with van der Waals surface area (Å²) in [6.45, 7) is 11.5. The van der Waals surface area contributed by atoms with Crippen LogP contribution in [0, 0.1) is 28.6 Å². The van der Waals surface area contributed by atoms with Crippen molar-refractivity contribution in [3.8, 4) is 12.1 Å². The van der Waals surface area contributed by atoms with Crippen molar-refractivity contribution in [3.05, 3.63) is 24.3 Å². The number of carbonyl (C=O) groups excluding carboxylic acids is 2. The van der Waals surface area contributed by atoms with Gasteiger partial charge in [-0.2, -0.15) is 10.5 Å². The van der Waals surface area contributed by atoms with E-state index in [1.807, 2.05) is 13.8 Å². The molecule has 0 heterocycles. The molecule has 20 heavy (non-hydrogen) atoms. The molecule has 0 aliphatic heterocycles. The van der Waals surface area contributed by atoms with Gasteiger partial charge in [-0.1, -0.05) is 27.0 Å². The van der Waals surface area contributed by atoms with Crippen LogP contribution in [0.3, 0.4) is 0 Å². The van der Waals surface area contributed by atoms with E-state index in [0.717, 1.165) is 0 Å². The molecule has 0 saturated heterocycles. The highest BCUT2D eigenvalue weighted by Crippen LogP contribution is 2.25. The molecule has 0 aromatic heterocycles. The van der Waals surface area contributed by atoms with Gasteiger partial charge in [-0.3, -0.25) is 0 Å². The average molecular weight is 276 g/mol. The highest BCUT2D eigenvalue weighted by molar-refractivity contribution is 5.93. The Morgan fingerprint density at radius 3 is 1.70 bits per heavy atom.